The summed E-state index contributed by atoms with van der Waals surface area (Å²) in [5.74, 6) is -3.22. The van der Waals surface area contributed by atoms with Crippen LogP contribution in [-0.4, -0.2) is 18.6 Å². The van der Waals surface area contributed by atoms with Crippen molar-refractivity contribution in [3.63, 3.8) is 0 Å². The summed E-state index contributed by atoms with van der Waals surface area (Å²) in [6.45, 7) is -0.970. The minimum Gasteiger partial charge on any atom is -0.443 e. The molecule has 18 heavy (non-hydrogen) atoms. The SMILES string of the molecule is Cl.O=C1N[C@@H](c2ccc(Cl)cc2Cl)C(F)(F)CO1. The molecule has 8 heteroatoms. The van der Waals surface area contributed by atoms with Gasteiger partial charge in [0, 0.05) is 10.0 Å². The van der Waals surface area contributed by atoms with Crippen LogP contribution in [0.5, 0.6) is 0 Å². The Hall–Kier alpha value is -0.780. The Labute approximate surface area is 118 Å². The van der Waals surface area contributed by atoms with E-state index in [0.29, 0.717) is 5.02 Å². The second-order valence-electron chi connectivity index (χ2n) is 3.58. The number of alkyl carbamates (subject to hydrolysis) is 1. The smallest absolute Gasteiger partial charge is 0.408 e. The lowest BCUT2D eigenvalue weighted by Crippen LogP contribution is -2.49. The zero-order valence-electron chi connectivity index (χ0n) is 8.75. The molecule has 1 aliphatic rings. The van der Waals surface area contributed by atoms with Gasteiger partial charge >= 0.3 is 12.0 Å². The third-order valence-electron chi connectivity index (χ3n) is 2.35. The first-order valence-corrected chi connectivity index (χ1v) is 5.42. The van der Waals surface area contributed by atoms with Gasteiger partial charge in [0.05, 0.1) is 0 Å². The molecule has 1 atom stereocenters. The lowest BCUT2D eigenvalue weighted by molar-refractivity contribution is -0.104. The minimum atomic E-state index is -3.22. The molecule has 1 saturated heterocycles. The Bertz CT molecular complexity index is 470. The summed E-state index contributed by atoms with van der Waals surface area (Å²) < 4.78 is 31.4. The largest absolute Gasteiger partial charge is 0.443 e. The number of ether oxygens (including phenoxy) is 1. The van der Waals surface area contributed by atoms with E-state index in [1.165, 1.54) is 18.2 Å². The number of amides is 1. The third-order valence-corrected chi connectivity index (χ3v) is 2.92. The maximum Gasteiger partial charge on any atom is 0.408 e. The molecule has 1 N–H and O–H groups in total. The number of halogens is 5. The molecule has 0 bridgehead atoms. The number of nitrogens with one attached hydrogen (secondary N) is 1. The first-order chi connectivity index (χ1) is 7.90. The maximum absolute atomic E-state index is 13.6. The number of alkyl halides is 2. The van der Waals surface area contributed by atoms with Crippen LogP contribution in [0, 0.1) is 0 Å². The van der Waals surface area contributed by atoms with E-state index in [2.05, 4.69) is 4.74 Å². The fourth-order valence-corrected chi connectivity index (χ4v) is 2.07. The van der Waals surface area contributed by atoms with Gasteiger partial charge in [-0.2, -0.15) is 0 Å². The Morgan fingerprint density at radius 2 is 2.06 bits per heavy atom. The van der Waals surface area contributed by atoms with E-state index in [9.17, 15) is 13.6 Å². The zero-order valence-corrected chi connectivity index (χ0v) is 11.1. The topological polar surface area (TPSA) is 38.3 Å². The number of carbonyl (C=O) groups is 1. The molecule has 2 rings (SSSR count). The quantitative estimate of drug-likeness (QED) is 0.854. The lowest BCUT2D eigenvalue weighted by Gasteiger charge is -2.32. The first kappa shape index (κ1) is 15.3. The summed E-state index contributed by atoms with van der Waals surface area (Å²) in [6.07, 6.45) is -0.896. The molecule has 1 aliphatic heterocycles. The molecule has 1 aromatic rings. The predicted molar refractivity (Wildman–Crippen MR) is 65.9 cm³/mol. The van der Waals surface area contributed by atoms with Crippen molar-refractivity contribution in [3.05, 3.63) is 33.8 Å². The molecule has 0 aliphatic carbocycles. The van der Waals surface area contributed by atoms with E-state index in [4.69, 9.17) is 23.2 Å². The Morgan fingerprint density at radius 1 is 1.39 bits per heavy atom. The van der Waals surface area contributed by atoms with Crippen LogP contribution in [0.1, 0.15) is 11.6 Å². The van der Waals surface area contributed by atoms with Crippen LogP contribution in [0.4, 0.5) is 13.6 Å². The molecule has 0 aromatic heterocycles. The minimum absolute atomic E-state index is 0. The maximum atomic E-state index is 13.6. The van der Waals surface area contributed by atoms with Gasteiger partial charge in [-0.3, -0.25) is 0 Å². The van der Waals surface area contributed by atoms with E-state index in [-0.39, 0.29) is 23.0 Å². The van der Waals surface area contributed by atoms with Crippen LogP contribution in [0.25, 0.3) is 0 Å². The summed E-state index contributed by atoms with van der Waals surface area (Å²) in [5.41, 5.74) is 0.109. The van der Waals surface area contributed by atoms with Gasteiger partial charge < -0.3 is 10.1 Å². The van der Waals surface area contributed by atoms with Gasteiger partial charge in [0.15, 0.2) is 6.61 Å². The Morgan fingerprint density at radius 3 is 2.67 bits per heavy atom. The normalized spacial score (nSPS) is 21.6. The molecule has 0 saturated carbocycles. The van der Waals surface area contributed by atoms with Gasteiger partial charge in [-0.05, 0) is 17.7 Å². The van der Waals surface area contributed by atoms with Crippen molar-refractivity contribution < 1.29 is 18.3 Å². The third kappa shape index (κ3) is 2.96. The van der Waals surface area contributed by atoms with Crippen LogP contribution >= 0.6 is 35.6 Å². The van der Waals surface area contributed by atoms with Crippen molar-refractivity contribution in [1.29, 1.82) is 0 Å². The average molecular weight is 319 g/mol. The van der Waals surface area contributed by atoms with Crippen LogP contribution in [-0.2, 0) is 4.74 Å². The summed E-state index contributed by atoms with van der Waals surface area (Å²) in [4.78, 5) is 11.0. The van der Waals surface area contributed by atoms with E-state index in [1.54, 1.807) is 0 Å². The van der Waals surface area contributed by atoms with Crippen LogP contribution in [0.15, 0.2) is 18.2 Å². The number of hydrogen-bond donors (Lipinski definition) is 1. The zero-order chi connectivity index (χ0) is 12.6. The standard InChI is InChI=1S/C10H7Cl2F2NO2.ClH/c11-5-1-2-6(7(12)3-5)8-10(13,14)4-17-9(16)15-8;/h1-3,8H,4H2,(H,15,16);1H/t8-;/m0./s1. The van der Waals surface area contributed by atoms with Crippen molar-refractivity contribution in [1.82, 2.24) is 5.32 Å². The molecule has 1 amide bonds. The number of rotatable bonds is 1. The second kappa shape index (κ2) is 5.47. The fraction of sp³-hybridized carbons (Fsp3) is 0.300. The monoisotopic (exact) mass is 317 g/mol. The molecule has 0 radical (unpaired) electrons. The van der Waals surface area contributed by atoms with Gasteiger partial charge in [0.1, 0.15) is 6.04 Å². The van der Waals surface area contributed by atoms with Gasteiger partial charge in [-0.15, -0.1) is 12.4 Å². The molecular formula is C10H8Cl3F2NO2. The number of hydrogen-bond acceptors (Lipinski definition) is 2. The molecular weight excluding hydrogens is 310 g/mol. The highest BCUT2D eigenvalue weighted by Crippen LogP contribution is 2.38. The van der Waals surface area contributed by atoms with Crippen molar-refractivity contribution >= 4 is 41.7 Å². The highest BCUT2D eigenvalue weighted by Gasteiger charge is 2.47. The van der Waals surface area contributed by atoms with Crippen LogP contribution in [0.3, 0.4) is 0 Å². The summed E-state index contributed by atoms with van der Waals surface area (Å²) in [7, 11) is 0. The van der Waals surface area contributed by atoms with Crippen molar-refractivity contribution in [3.8, 4) is 0 Å². The van der Waals surface area contributed by atoms with Gasteiger partial charge in [-0.1, -0.05) is 29.3 Å². The van der Waals surface area contributed by atoms with Gasteiger partial charge in [-0.25, -0.2) is 13.6 Å². The molecule has 0 spiro atoms. The first-order valence-electron chi connectivity index (χ1n) is 4.66. The number of benzene rings is 1. The number of carbonyl (C=O) groups excluding carboxylic acids is 1. The van der Waals surface area contributed by atoms with Crippen LogP contribution < -0.4 is 5.32 Å². The number of cyclic esters (lactones) is 1. The van der Waals surface area contributed by atoms with E-state index in [1.807, 2.05) is 5.32 Å². The molecule has 0 unspecified atom stereocenters. The van der Waals surface area contributed by atoms with Crippen molar-refractivity contribution in [2.45, 2.75) is 12.0 Å². The molecule has 3 nitrogen and oxygen atoms in total. The predicted octanol–water partition coefficient (Wildman–Crippen LogP) is 3.83. The van der Waals surface area contributed by atoms with Gasteiger partial charge in [0.25, 0.3) is 0 Å². The van der Waals surface area contributed by atoms with Crippen molar-refractivity contribution in [2.24, 2.45) is 0 Å². The molecule has 1 aromatic carbocycles. The molecule has 1 fully saturated rings. The summed E-state index contributed by atoms with van der Waals surface area (Å²) in [5, 5.41) is 2.45. The molecule has 100 valence electrons. The summed E-state index contributed by atoms with van der Waals surface area (Å²) in [6, 6.07) is 2.62. The van der Waals surface area contributed by atoms with E-state index >= 15 is 0 Å². The van der Waals surface area contributed by atoms with E-state index < -0.39 is 24.7 Å². The highest BCUT2D eigenvalue weighted by atomic mass is 35.5. The molecule has 1 heterocycles. The second-order valence-corrected chi connectivity index (χ2v) is 4.42. The highest BCUT2D eigenvalue weighted by molar-refractivity contribution is 6.35. The lowest BCUT2D eigenvalue weighted by atomic mass is 10.00. The Kier molecular flexibility index (Phi) is 4.64. The fourth-order valence-electron chi connectivity index (χ4n) is 1.55. The van der Waals surface area contributed by atoms with Crippen LogP contribution in [0.2, 0.25) is 10.0 Å². The van der Waals surface area contributed by atoms with Crippen molar-refractivity contribution in [2.75, 3.05) is 6.61 Å². The van der Waals surface area contributed by atoms with Gasteiger partial charge in [0.2, 0.25) is 0 Å². The average Bonchev–Trinajstić information content (AvgIpc) is 2.23. The van der Waals surface area contributed by atoms with E-state index in [0.717, 1.165) is 0 Å². The summed E-state index contributed by atoms with van der Waals surface area (Å²) >= 11 is 11.5. The Balaban J connectivity index is 0.00000162.